The van der Waals surface area contributed by atoms with Crippen LogP contribution < -0.4 is 0 Å². The van der Waals surface area contributed by atoms with Gasteiger partial charge in [0.1, 0.15) is 24.4 Å². The number of aliphatic hydroxyl groups excluding tert-OH is 2. The number of fused-ring (bicyclic) bond motifs is 3. The van der Waals surface area contributed by atoms with Gasteiger partial charge in [0.2, 0.25) is 0 Å². The van der Waals surface area contributed by atoms with Gasteiger partial charge >= 0.3 is 17.9 Å². The van der Waals surface area contributed by atoms with Crippen LogP contribution in [0.2, 0.25) is 0 Å². The molecule has 0 aromatic rings. The van der Waals surface area contributed by atoms with Crippen LogP contribution in [0.15, 0.2) is 58.7 Å². The fourth-order valence-electron chi connectivity index (χ4n) is 4.92. The fourth-order valence-corrected chi connectivity index (χ4v) is 4.92. The summed E-state index contributed by atoms with van der Waals surface area (Å²) in [5.41, 5.74) is 0.230. The summed E-state index contributed by atoms with van der Waals surface area (Å²) < 4.78 is 16.4. The van der Waals surface area contributed by atoms with E-state index in [1.807, 2.05) is 13.0 Å². The lowest BCUT2D eigenvalue weighted by atomic mass is 9.76. The van der Waals surface area contributed by atoms with Crippen molar-refractivity contribution in [3.8, 4) is 0 Å². The first-order chi connectivity index (χ1) is 16.6. The molecule has 190 valence electrons. The molecule has 0 radical (unpaired) electrons. The van der Waals surface area contributed by atoms with Gasteiger partial charge < -0.3 is 24.4 Å². The Bertz CT molecular complexity index is 1030. The minimum atomic E-state index is -1.19. The maximum absolute atomic E-state index is 13.0. The third kappa shape index (κ3) is 4.74. The molecule has 5 unspecified atom stereocenters. The van der Waals surface area contributed by atoms with Crippen LogP contribution in [0.4, 0.5) is 0 Å². The Balaban J connectivity index is 1.90. The Kier molecular flexibility index (Phi) is 8.11. The number of allylic oxidation sites excluding steroid dienone is 1. The number of hydrogen-bond donors (Lipinski definition) is 3. The number of aliphatic hydroxyl groups is 2. The Labute approximate surface area is 202 Å². The van der Waals surface area contributed by atoms with Crippen LogP contribution in [0.1, 0.15) is 27.2 Å². The maximum Gasteiger partial charge on any atom is 0.337 e. The van der Waals surface area contributed by atoms with E-state index in [1.54, 1.807) is 19.9 Å². The third-order valence-electron chi connectivity index (χ3n) is 6.89. The highest BCUT2D eigenvalue weighted by Crippen LogP contribution is 2.53. The highest BCUT2D eigenvalue weighted by Gasteiger charge is 2.60. The first-order valence-corrected chi connectivity index (χ1v) is 11.2. The number of hydrogen-bond acceptors (Lipinski definition) is 10. The van der Waals surface area contributed by atoms with Crippen LogP contribution >= 0.6 is 0 Å². The molecular weight excluding hydrogens is 460 g/mol. The Morgan fingerprint density at radius 1 is 1.26 bits per heavy atom. The summed E-state index contributed by atoms with van der Waals surface area (Å²) in [4.78, 5) is 42.5. The average Bonchev–Trinajstić information content (AvgIpc) is 3.29. The van der Waals surface area contributed by atoms with E-state index >= 15 is 0 Å². The van der Waals surface area contributed by atoms with E-state index in [1.165, 1.54) is 6.08 Å². The number of ether oxygens (including phenoxy) is 3. The molecule has 0 bridgehead atoms. The molecule has 1 aliphatic heterocycles. The summed E-state index contributed by atoms with van der Waals surface area (Å²) in [6.45, 7) is 7.39. The van der Waals surface area contributed by atoms with Gasteiger partial charge in [-0.3, -0.25) is 5.26 Å². The lowest BCUT2D eigenvalue weighted by Gasteiger charge is -2.36. The van der Waals surface area contributed by atoms with Crippen molar-refractivity contribution < 1.29 is 49.0 Å². The standard InChI is InChI=1S/C25H30O10/c1-5-16(11-27)23(29)32-12-17(7-9-26)24(30)33-18-10-14(3)25(35-31)8-6-13(2)20(25)21-19(18)15(4)22(28)34-21/h5-7,10,18-21,26-27,31H,4,8-9,11-12H2,1-3H3. The SMILES string of the molecule is C=C1C(=O)OC2C1C(OC(=O)C(=CCO)COC(=O)C(=CC)CO)C=C(C)C1(OO)CC=C(C)C21. The molecule has 35 heavy (non-hydrogen) atoms. The van der Waals surface area contributed by atoms with Crippen molar-refractivity contribution in [2.24, 2.45) is 11.8 Å². The van der Waals surface area contributed by atoms with Crippen LogP contribution in [0.25, 0.3) is 0 Å². The normalized spacial score (nSPS) is 30.6. The highest BCUT2D eigenvalue weighted by atomic mass is 17.1. The zero-order chi connectivity index (χ0) is 25.9. The highest BCUT2D eigenvalue weighted by molar-refractivity contribution is 5.93. The smallest absolute Gasteiger partial charge is 0.337 e. The molecule has 3 aliphatic rings. The van der Waals surface area contributed by atoms with Crippen LogP contribution in [0.5, 0.6) is 0 Å². The molecule has 0 aromatic heterocycles. The lowest BCUT2D eigenvalue weighted by Crippen LogP contribution is -2.46. The van der Waals surface area contributed by atoms with Gasteiger partial charge in [-0.1, -0.05) is 24.3 Å². The Morgan fingerprint density at radius 3 is 2.57 bits per heavy atom. The minimum Gasteiger partial charge on any atom is -0.457 e. The van der Waals surface area contributed by atoms with Gasteiger partial charge in [-0.2, -0.15) is 0 Å². The van der Waals surface area contributed by atoms with E-state index in [-0.39, 0.29) is 16.7 Å². The summed E-state index contributed by atoms with van der Waals surface area (Å²) in [7, 11) is 0. The summed E-state index contributed by atoms with van der Waals surface area (Å²) in [6.07, 6.45) is 4.52. The van der Waals surface area contributed by atoms with Crippen molar-refractivity contribution in [3.63, 3.8) is 0 Å². The van der Waals surface area contributed by atoms with E-state index in [0.29, 0.717) is 12.0 Å². The monoisotopic (exact) mass is 490 g/mol. The molecular formula is C25H30O10. The molecule has 1 heterocycles. The summed E-state index contributed by atoms with van der Waals surface area (Å²) in [6, 6.07) is 0. The van der Waals surface area contributed by atoms with Gasteiger partial charge in [-0.15, -0.1) is 0 Å². The van der Waals surface area contributed by atoms with Gasteiger partial charge in [0, 0.05) is 12.0 Å². The second-order valence-electron chi connectivity index (χ2n) is 8.71. The van der Waals surface area contributed by atoms with Gasteiger partial charge in [0.15, 0.2) is 0 Å². The molecule has 2 aliphatic carbocycles. The zero-order valence-corrected chi connectivity index (χ0v) is 19.9. The van der Waals surface area contributed by atoms with E-state index in [0.717, 1.165) is 11.6 Å². The van der Waals surface area contributed by atoms with E-state index in [9.17, 15) is 29.9 Å². The number of rotatable bonds is 8. The van der Waals surface area contributed by atoms with Crippen molar-refractivity contribution in [1.82, 2.24) is 0 Å². The van der Waals surface area contributed by atoms with Crippen molar-refractivity contribution in [1.29, 1.82) is 0 Å². The molecule has 10 heteroatoms. The summed E-state index contributed by atoms with van der Waals surface area (Å²) >= 11 is 0. The van der Waals surface area contributed by atoms with Gasteiger partial charge in [-0.25, -0.2) is 19.3 Å². The molecule has 0 spiro atoms. The largest absolute Gasteiger partial charge is 0.457 e. The van der Waals surface area contributed by atoms with E-state index in [2.05, 4.69) is 6.58 Å². The minimum absolute atomic E-state index is 0.00839. The molecule has 0 amide bonds. The first-order valence-electron chi connectivity index (χ1n) is 11.2. The molecule has 5 atom stereocenters. The molecule has 10 nitrogen and oxygen atoms in total. The predicted molar refractivity (Wildman–Crippen MR) is 121 cm³/mol. The Morgan fingerprint density at radius 2 is 1.97 bits per heavy atom. The summed E-state index contributed by atoms with van der Waals surface area (Å²) in [5.74, 6) is -3.63. The number of carbonyl (C=O) groups excluding carboxylic acids is 3. The topological polar surface area (TPSA) is 149 Å². The van der Waals surface area contributed by atoms with Crippen LogP contribution in [0.3, 0.4) is 0 Å². The average molecular weight is 491 g/mol. The molecule has 1 saturated heterocycles. The Hall–Kier alpha value is -3.05. The quantitative estimate of drug-likeness (QED) is 0.114. The van der Waals surface area contributed by atoms with Crippen LogP contribution in [-0.2, 0) is 33.5 Å². The van der Waals surface area contributed by atoms with Gasteiger partial charge in [-0.05, 0) is 38.5 Å². The number of carbonyl (C=O) groups is 3. The first kappa shape index (κ1) is 26.6. The van der Waals surface area contributed by atoms with Crippen LogP contribution in [-0.4, -0.2) is 71.0 Å². The van der Waals surface area contributed by atoms with Crippen molar-refractivity contribution in [2.75, 3.05) is 19.8 Å². The molecule has 3 rings (SSSR count). The zero-order valence-electron chi connectivity index (χ0n) is 19.9. The summed E-state index contributed by atoms with van der Waals surface area (Å²) in [5, 5.41) is 28.5. The second-order valence-corrected chi connectivity index (χ2v) is 8.71. The number of esters is 3. The second kappa shape index (κ2) is 10.7. The molecule has 1 fully saturated rings. The third-order valence-corrected chi connectivity index (χ3v) is 6.89. The molecule has 0 aromatic carbocycles. The van der Waals surface area contributed by atoms with Crippen molar-refractivity contribution >= 4 is 17.9 Å². The fraction of sp³-hybridized carbons (Fsp3) is 0.480. The lowest BCUT2D eigenvalue weighted by molar-refractivity contribution is -0.323. The molecule has 3 N–H and O–H groups in total. The van der Waals surface area contributed by atoms with Crippen molar-refractivity contribution in [3.05, 3.63) is 58.7 Å². The van der Waals surface area contributed by atoms with Crippen molar-refractivity contribution in [2.45, 2.75) is 45.0 Å². The van der Waals surface area contributed by atoms with Crippen LogP contribution in [0, 0.1) is 11.8 Å². The predicted octanol–water partition coefficient (Wildman–Crippen LogP) is 1.55. The van der Waals surface area contributed by atoms with Gasteiger partial charge in [0.05, 0.1) is 36.2 Å². The molecule has 0 saturated carbocycles. The maximum atomic E-state index is 13.0. The van der Waals surface area contributed by atoms with E-state index < -0.39 is 67.4 Å². The van der Waals surface area contributed by atoms with Gasteiger partial charge in [0.25, 0.3) is 0 Å². The van der Waals surface area contributed by atoms with E-state index in [4.69, 9.17) is 19.1 Å².